The first-order chi connectivity index (χ1) is 19.3. The maximum atomic E-state index is 6.95. The summed E-state index contributed by atoms with van der Waals surface area (Å²) in [4.78, 5) is 9.09. The molecule has 9 heteroatoms. The number of thiocarbonyl (C=S) groups is 1. The lowest BCUT2D eigenvalue weighted by molar-refractivity contribution is 0.357. The van der Waals surface area contributed by atoms with Crippen LogP contribution in [0.1, 0.15) is 43.8 Å². The van der Waals surface area contributed by atoms with Gasteiger partial charge in [0, 0.05) is 30.5 Å². The van der Waals surface area contributed by atoms with E-state index in [-0.39, 0.29) is 12.1 Å². The van der Waals surface area contributed by atoms with Crippen molar-refractivity contribution in [1.82, 2.24) is 10.3 Å². The Hall–Kier alpha value is -2.77. The van der Waals surface area contributed by atoms with Crippen LogP contribution < -0.4 is 15.1 Å². The van der Waals surface area contributed by atoms with Gasteiger partial charge in [-0.1, -0.05) is 60.8 Å². The van der Waals surface area contributed by atoms with E-state index in [0.29, 0.717) is 43.5 Å². The number of nitrogens with one attached hydrogen (secondary N) is 1. The Morgan fingerprint density at radius 1 is 0.925 bits per heavy atom. The summed E-state index contributed by atoms with van der Waals surface area (Å²) in [6.07, 6.45) is 3.02. The third kappa shape index (κ3) is 5.18. The number of pyridine rings is 1. The average Bonchev–Trinajstić information content (AvgIpc) is 3.54. The van der Waals surface area contributed by atoms with Crippen molar-refractivity contribution in [3.63, 3.8) is 0 Å². The van der Waals surface area contributed by atoms with E-state index in [1.54, 1.807) is 12.3 Å². The largest absolute Gasteiger partial charge is 0.459 e. The quantitative estimate of drug-likeness (QED) is 0.227. The number of anilines is 2. The third-order valence-corrected chi connectivity index (χ3v) is 9.09. The second kappa shape index (κ2) is 11.2. The van der Waals surface area contributed by atoms with Gasteiger partial charge in [-0.3, -0.25) is 4.98 Å². The van der Waals surface area contributed by atoms with Gasteiger partial charge in [0.05, 0.1) is 32.5 Å². The molecule has 6 rings (SSSR count). The molecular weight excluding hydrogens is 583 g/mol. The molecular formula is C31H29Cl3N4OS. The van der Waals surface area contributed by atoms with Crippen molar-refractivity contribution >= 4 is 63.5 Å². The molecule has 4 heterocycles. The van der Waals surface area contributed by atoms with Crippen LogP contribution in [0.5, 0.6) is 0 Å². The summed E-state index contributed by atoms with van der Waals surface area (Å²) < 4.78 is 6.46. The summed E-state index contributed by atoms with van der Waals surface area (Å²) in [5.41, 5.74) is 3.52. The van der Waals surface area contributed by atoms with E-state index in [1.807, 2.05) is 48.5 Å². The summed E-state index contributed by atoms with van der Waals surface area (Å²) >= 11 is 25.7. The first kappa shape index (κ1) is 27.4. The molecule has 0 amide bonds. The third-order valence-electron chi connectivity index (χ3n) is 7.65. The molecule has 5 nitrogen and oxygen atoms in total. The van der Waals surface area contributed by atoms with Gasteiger partial charge < -0.3 is 19.5 Å². The number of rotatable bonds is 5. The molecule has 0 bridgehead atoms. The van der Waals surface area contributed by atoms with Gasteiger partial charge in [0.1, 0.15) is 17.6 Å². The Kier molecular flexibility index (Phi) is 7.71. The van der Waals surface area contributed by atoms with E-state index < -0.39 is 0 Å². The highest BCUT2D eigenvalue weighted by atomic mass is 35.5. The number of halogens is 3. The zero-order valence-electron chi connectivity index (χ0n) is 22.2. The lowest BCUT2D eigenvalue weighted by Gasteiger charge is -2.37. The summed E-state index contributed by atoms with van der Waals surface area (Å²) in [6, 6.07) is 20.9. The van der Waals surface area contributed by atoms with Gasteiger partial charge in [0.2, 0.25) is 0 Å². The number of furan rings is 1. The van der Waals surface area contributed by atoms with Gasteiger partial charge >= 0.3 is 0 Å². The van der Waals surface area contributed by atoms with Crippen LogP contribution in [-0.4, -0.2) is 23.2 Å². The van der Waals surface area contributed by atoms with Gasteiger partial charge in [0.25, 0.3) is 0 Å². The van der Waals surface area contributed by atoms with Crippen molar-refractivity contribution in [2.24, 2.45) is 11.8 Å². The Morgan fingerprint density at radius 3 is 2.45 bits per heavy atom. The van der Waals surface area contributed by atoms with Gasteiger partial charge in [-0.05, 0) is 85.1 Å². The molecule has 0 saturated carbocycles. The molecule has 2 aromatic carbocycles. The van der Waals surface area contributed by atoms with Crippen molar-refractivity contribution in [1.29, 1.82) is 0 Å². The zero-order chi connectivity index (χ0) is 28.0. The predicted molar refractivity (Wildman–Crippen MR) is 169 cm³/mol. The number of hydrogen-bond donors (Lipinski definition) is 1. The molecule has 2 fully saturated rings. The topological polar surface area (TPSA) is 44.5 Å². The fraction of sp³-hybridized carbons (Fsp3) is 0.290. The number of nitrogens with zero attached hydrogens (tertiary/aromatic N) is 3. The van der Waals surface area contributed by atoms with Crippen LogP contribution >= 0.6 is 47.0 Å². The van der Waals surface area contributed by atoms with E-state index in [4.69, 9.17) is 51.4 Å². The predicted octanol–water partition coefficient (Wildman–Crippen LogP) is 8.96. The molecule has 2 aliphatic heterocycles. The Morgan fingerprint density at radius 2 is 1.73 bits per heavy atom. The number of aromatic nitrogens is 1. The van der Waals surface area contributed by atoms with Gasteiger partial charge in [-0.15, -0.1) is 0 Å². The summed E-state index contributed by atoms with van der Waals surface area (Å²) in [7, 11) is 0. The van der Waals surface area contributed by atoms with E-state index in [0.717, 1.165) is 35.7 Å². The van der Waals surface area contributed by atoms with Crippen LogP contribution in [0, 0.1) is 11.8 Å². The second-order valence-corrected chi connectivity index (χ2v) is 12.4. The number of benzene rings is 2. The highest BCUT2D eigenvalue weighted by Gasteiger charge is 2.43. The van der Waals surface area contributed by atoms with Crippen LogP contribution in [0.15, 0.2) is 77.3 Å². The number of piperidine rings is 1. The van der Waals surface area contributed by atoms with Crippen LogP contribution in [0.2, 0.25) is 15.1 Å². The first-order valence-electron chi connectivity index (χ1n) is 13.4. The highest BCUT2D eigenvalue weighted by Crippen LogP contribution is 2.45. The molecule has 0 radical (unpaired) electrons. The molecule has 0 unspecified atom stereocenters. The smallest absolute Gasteiger partial charge is 0.174 e. The summed E-state index contributed by atoms with van der Waals surface area (Å²) in [6.45, 7) is 6.60. The lowest BCUT2D eigenvalue weighted by atomic mass is 9.91. The normalized spacial score (nSPS) is 23.0. The highest BCUT2D eigenvalue weighted by molar-refractivity contribution is 7.80. The molecule has 4 atom stereocenters. The molecule has 2 aromatic heterocycles. The summed E-state index contributed by atoms with van der Waals surface area (Å²) in [5, 5.41) is 5.68. The number of hydrogen-bond acceptors (Lipinski definition) is 4. The average molecular weight is 612 g/mol. The van der Waals surface area contributed by atoms with E-state index in [9.17, 15) is 0 Å². The SMILES string of the molecule is C[C@@H]1C[C@@H](C)CN(c2ccc(N3C(=S)N[C@@H](c4ccccn4)[C@@H]3c3ccc(-c4cccc(Cl)c4Cl)o3)cc2Cl)C1. The maximum Gasteiger partial charge on any atom is 0.174 e. The fourth-order valence-corrected chi connectivity index (χ4v) is 7.07. The van der Waals surface area contributed by atoms with Crippen LogP contribution in [0.3, 0.4) is 0 Å². The van der Waals surface area contributed by atoms with Crippen molar-refractivity contribution in [3.8, 4) is 11.3 Å². The Bertz CT molecular complexity index is 1530. The second-order valence-electron chi connectivity index (χ2n) is 10.8. The van der Waals surface area contributed by atoms with E-state index >= 15 is 0 Å². The Labute approximate surface area is 255 Å². The standard InChI is InChI=1S/C31H29Cl3N4OS/c1-18-14-19(2)17-37(16-18)25-10-9-20(15-23(25)33)38-30(29(36-31(38)40)24-8-3-4-13-35-24)27-12-11-26(39-27)21-6-5-7-22(32)28(21)34/h3-13,15,18-19,29-30H,14,16-17H2,1-2H3,(H,36,40)/t18-,19-,29+,30+/m1/s1. The van der Waals surface area contributed by atoms with Gasteiger partial charge in [-0.25, -0.2) is 0 Å². The van der Waals surface area contributed by atoms with Crippen LogP contribution in [0.4, 0.5) is 11.4 Å². The molecule has 1 N–H and O–H groups in total. The lowest BCUT2D eigenvalue weighted by Crippen LogP contribution is -2.38. The maximum absolute atomic E-state index is 6.95. The minimum absolute atomic E-state index is 0.246. The summed E-state index contributed by atoms with van der Waals surface area (Å²) in [5.74, 6) is 2.59. The molecule has 206 valence electrons. The monoisotopic (exact) mass is 610 g/mol. The molecule has 0 spiro atoms. The van der Waals surface area contributed by atoms with Crippen molar-refractivity contribution < 1.29 is 4.42 Å². The van der Waals surface area contributed by atoms with Gasteiger partial charge in [0.15, 0.2) is 5.11 Å². The molecule has 0 aliphatic carbocycles. The minimum Gasteiger partial charge on any atom is -0.459 e. The van der Waals surface area contributed by atoms with Crippen LogP contribution in [0.25, 0.3) is 11.3 Å². The first-order valence-corrected chi connectivity index (χ1v) is 14.9. The van der Waals surface area contributed by atoms with E-state index in [2.05, 4.69) is 46.1 Å². The molecule has 2 aliphatic rings. The minimum atomic E-state index is -0.314. The van der Waals surface area contributed by atoms with Crippen LogP contribution in [-0.2, 0) is 0 Å². The van der Waals surface area contributed by atoms with Crippen molar-refractivity contribution in [2.75, 3.05) is 22.9 Å². The molecule has 40 heavy (non-hydrogen) atoms. The molecule has 4 aromatic rings. The fourth-order valence-electron chi connectivity index (χ4n) is 6.03. The van der Waals surface area contributed by atoms with Gasteiger partial charge in [-0.2, -0.15) is 0 Å². The Balaban J connectivity index is 1.40. The van der Waals surface area contributed by atoms with Crippen molar-refractivity contribution in [2.45, 2.75) is 32.4 Å². The molecule has 2 saturated heterocycles. The zero-order valence-corrected chi connectivity index (χ0v) is 25.2. The van der Waals surface area contributed by atoms with E-state index in [1.165, 1.54) is 6.42 Å². The van der Waals surface area contributed by atoms with Crippen molar-refractivity contribution in [3.05, 3.63) is 99.4 Å².